The van der Waals surface area contributed by atoms with E-state index in [9.17, 15) is 19.2 Å². The molecule has 0 aliphatic rings. The van der Waals surface area contributed by atoms with Gasteiger partial charge in [-0.15, -0.1) is 0 Å². The zero-order valence-electron chi connectivity index (χ0n) is 46.0. The number of carbonyl (C=O) groups excluding carboxylic acids is 4. The van der Waals surface area contributed by atoms with Gasteiger partial charge >= 0.3 is 0 Å². The normalized spacial score (nSPS) is 13.4. The fourth-order valence-corrected chi connectivity index (χ4v) is 9.22. The van der Waals surface area contributed by atoms with Gasteiger partial charge in [0.2, 0.25) is 23.6 Å². The first-order chi connectivity index (χ1) is 33.3. The average Bonchev–Trinajstić information content (AvgIpc) is 3.34. The minimum atomic E-state index is -0.939. The zero-order chi connectivity index (χ0) is 50.0. The molecule has 68 heavy (non-hydrogen) atoms. The first-order valence-corrected chi connectivity index (χ1v) is 29.7. The minimum absolute atomic E-state index is 0.113. The molecule has 0 aromatic carbocycles. The van der Waals surface area contributed by atoms with Crippen molar-refractivity contribution in [3.05, 3.63) is 24.3 Å². The van der Waals surface area contributed by atoms with Crippen LogP contribution in [0.4, 0.5) is 0 Å². The van der Waals surface area contributed by atoms with Gasteiger partial charge in [0, 0.05) is 39.0 Å². The maximum atomic E-state index is 14.2. The van der Waals surface area contributed by atoms with Crippen molar-refractivity contribution in [3.63, 3.8) is 0 Å². The third-order valence-corrected chi connectivity index (χ3v) is 14.2. The van der Waals surface area contributed by atoms with Crippen LogP contribution in [0.25, 0.3) is 0 Å². The number of amides is 4. The number of allylic oxidation sites excluding steroid dienone is 4. The fraction of sp³-hybridized carbons (Fsp3) is 0.867. The molecule has 0 saturated carbocycles. The molecule has 0 heterocycles. The van der Waals surface area contributed by atoms with Crippen LogP contribution in [0.3, 0.4) is 0 Å². The topological polar surface area (TPSA) is 116 Å². The number of nitrogens with one attached hydrogen (secondary N) is 4. The Bertz CT molecular complexity index is 1220. The van der Waals surface area contributed by atoms with Crippen LogP contribution in [-0.2, 0) is 19.2 Å². The van der Waals surface area contributed by atoms with Gasteiger partial charge in [0.15, 0.2) is 0 Å². The molecule has 8 nitrogen and oxygen atoms in total. The highest BCUT2D eigenvalue weighted by Crippen LogP contribution is 2.23. The van der Waals surface area contributed by atoms with Crippen molar-refractivity contribution >= 4 is 23.6 Å². The Kier molecular flexibility index (Phi) is 48.8. The van der Waals surface area contributed by atoms with E-state index in [2.05, 4.69) is 87.1 Å². The lowest BCUT2D eigenvalue weighted by Gasteiger charge is -2.27. The molecule has 8 heteroatoms. The van der Waals surface area contributed by atoms with Gasteiger partial charge in [-0.2, -0.15) is 0 Å². The molecule has 0 rings (SSSR count). The molecule has 0 aromatic heterocycles. The monoisotopic (exact) mass is 955 g/mol. The molecule has 0 radical (unpaired) electrons. The summed E-state index contributed by atoms with van der Waals surface area (Å²) in [6.45, 7) is 15.3. The highest BCUT2D eigenvalue weighted by Gasteiger charge is 2.37. The summed E-state index contributed by atoms with van der Waals surface area (Å²) in [5.74, 6) is -2.23. The highest BCUT2D eigenvalue weighted by molar-refractivity contribution is 5.93. The van der Waals surface area contributed by atoms with Crippen LogP contribution in [0.5, 0.6) is 0 Å². The van der Waals surface area contributed by atoms with Crippen LogP contribution in [0.15, 0.2) is 24.3 Å². The van der Waals surface area contributed by atoms with Crippen molar-refractivity contribution in [1.82, 2.24) is 21.3 Å². The molecule has 0 saturated heterocycles. The first-order valence-electron chi connectivity index (χ1n) is 29.7. The molecule has 4 atom stereocenters. The summed E-state index contributed by atoms with van der Waals surface area (Å²) in [6, 6.07) is 0. The first kappa shape index (κ1) is 65.4. The SMILES string of the molecule is CCCCCCCC/C=C\CCCCCCCCNC(=O)CC(C(=O)NCCCCCCCC/C=C\CCCCCCCC)C(CC(=O)NCC(CC)CCCC)C(=O)NCC(CC)CCCC. The molecule has 4 amide bonds. The Morgan fingerprint density at radius 2 is 0.647 bits per heavy atom. The average molecular weight is 956 g/mol. The van der Waals surface area contributed by atoms with Gasteiger partial charge in [-0.05, 0) is 88.9 Å². The minimum Gasteiger partial charge on any atom is -0.356 e. The molecule has 398 valence electrons. The van der Waals surface area contributed by atoms with Gasteiger partial charge < -0.3 is 21.3 Å². The largest absolute Gasteiger partial charge is 0.356 e. The Hall–Kier alpha value is -2.64. The molecule has 0 bridgehead atoms. The van der Waals surface area contributed by atoms with Gasteiger partial charge in [-0.1, -0.05) is 220 Å². The lowest BCUT2D eigenvalue weighted by atomic mass is 9.84. The van der Waals surface area contributed by atoms with Crippen LogP contribution < -0.4 is 21.3 Å². The predicted molar refractivity (Wildman–Crippen MR) is 294 cm³/mol. The van der Waals surface area contributed by atoms with Gasteiger partial charge in [0.25, 0.3) is 0 Å². The fourth-order valence-electron chi connectivity index (χ4n) is 9.22. The smallest absolute Gasteiger partial charge is 0.224 e. The van der Waals surface area contributed by atoms with Gasteiger partial charge in [-0.3, -0.25) is 19.2 Å². The van der Waals surface area contributed by atoms with E-state index in [-0.39, 0.29) is 36.5 Å². The summed E-state index contributed by atoms with van der Waals surface area (Å²) < 4.78 is 0. The van der Waals surface area contributed by atoms with Crippen molar-refractivity contribution in [3.8, 4) is 0 Å². The molecule has 0 aliphatic carbocycles. The van der Waals surface area contributed by atoms with E-state index < -0.39 is 11.8 Å². The summed E-state index contributed by atoms with van der Waals surface area (Å²) in [5, 5.41) is 12.5. The maximum absolute atomic E-state index is 14.2. The quantitative estimate of drug-likeness (QED) is 0.0359. The maximum Gasteiger partial charge on any atom is 0.224 e. The van der Waals surface area contributed by atoms with Crippen molar-refractivity contribution < 1.29 is 19.2 Å². The summed E-state index contributed by atoms with van der Waals surface area (Å²) in [5.41, 5.74) is 0. The van der Waals surface area contributed by atoms with E-state index in [4.69, 9.17) is 0 Å². The Morgan fingerprint density at radius 1 is 0.338 bits per heavy atom. The predicted octanol–water partition coefficient (Wildman–Crippen LogP) is 16.0. The molecular weight excluding hydrogens is 841 g/mol. The van der Waals surface area contributed by atoms with Crippen molar-refractivity contribution in [2.75, 3.05) is 26.2 Å². The van der Waals surface area contributed by atoms with Gasteiger partial charge in [0.1, 0.15) is 0 Å². The summed E-state index contributed by atoms with van der Waals surface area (Å²) in [4.78, 5) is 55.6. The van der Waals surface area contributed by atoms with Crippen molar-refractivity contribution in [1.29, 1.82) is 0 Å². The number of rotatable bonds is 51. The zero-order valence-corrected chi connectivity index (χ0v) is 46.0. The van der Waals surface area contributed by atoms with Crippen LogP contribution in [0.2, 0.25) is 0 Å². The van der Waals surface area contributed by atoms with E-state index in [1.165, 1.54) is 128 Å². The number of carbonyl (C=O) groups is 4. The van der Waals surface area contributed by atoms with Crippen LogP contribution in [-0.4, -0.2) is 49.8 Å². The summed E-state index contributed by atoms with van der Waals surface area (Å²) >= 11 is 0. The second-order valence-electron chi connectivity index (χ2n) is 20.5. The highest BCUT2D eigenvalue weighted by atomic mass is 16.2. The van der Waals surface area contributed by atoms with Crippen molar-refractivity contribution in [2.24, 2.45) is 23.7 Å². The second-order valence-corrected chi connectivity index (χ2v) is 20.5. The number of hydrogen-bond acceptors (Lipinski definition) is 4. The molecule has 0 fully saturated rings. The second kappa shape index (κ2) is 50.7. The number of hydrogen-bond donors (Lipinski definition) is 4. The van der Waals surface area contributed by atoms with Gasteiger partial charge in [0.05, 0.1) is 11.8 Å². The van der Waals surface area contributed by atoms with Crippen LogP contribution >= 0.6 is 0 Å². The van der Waals surface area contributed by atoms with Gasteiger partial charge in [-0.25, -0.2) is 0 Å². The van der Waals surface area contributed by atoms with E-state index >= 15 is 0 Å². The summed E-state index contributed by atoms with van der Waals surface area (Å²) in [7, 11) is 0. The molecular formula is C60H114N4O4. The third kappa shape index (κ3) is 41.2. The Balaban J connectivity index is 5.37. The Morgan fingerprint density at radius 3 is 1.03 bits per heavy atom. The molecule has 0 aliphatic heterocycles. The lowest BCUT2D eigenvalue weighted by molar-refractivity contribution is -0.140. The van der Waals surface area contributed by atoms with E-state index in [1.54, 1.807) is 0 Å². The molecule has 0 aromatic rings. The molecule has 4 unspecified atom stereocenters. The van der Waals surface area contributed by atoms with E-state index in [0.29, 0.717) is 38.0 Å². The summed E-state index contributed by atoms with van der Waals surface area (Å²) in [6.07, 6.45) is 51.9. The standard InChI is InChI=1S/C60H114N4O4/c1-7-13-17-19-21-23-25-27-29-31-33-35-37-39-41-43-47-61-57(65)49-55(59(67)62-48-44-42-40-38-36-34-32-30-28-26-24-22-20-18-14-8-2)56(60(68)64-52-54(12-6)46-16-10-4)50-58(66)63-51-53(11-5)45-15-9-3/h27-30,53-56H,7-26,31-52H2,1-6H3,(H,61,65)(H,62,67)(H,63,66)(H,64,68)/b29-27-,30-28-. The van der Waals surface area contributed by atoms with E-state index in [1.807, 2.05) is 0 Å². The van der Waals surface area contributed by atoms with Crippen molar-refractivity contribution in [2.45, 2.75) is 286 Å². The van der Waals surface area contributed by atoms with Crippen LogP contribution in [0, 0.1) is 23.7 Å². The Labute approximate surface area is 422 Å². The third-order valence-electron chi connectivity index (χ3n) is 14.2. The van der Waals surface area contributed by atoms with E-state index in [0.717, 1.165) is 103 Å². The molecule has 0 spiro atoms. The lowest BCUT2D eigenvalue weighted by Crippen LogP contribution is -2.47. The number of unbranched alkanes of at least 4 members (excludes halogenated alkanes) is 26. The molecule has 4 N–H and O–H groups in total. The van der Waals surface area contributed by atoms with Crippen LogP contribution in [0.1, 0.15) is 286 Å².